The molecular formula is C14H18O3. The van der Waals surface area contributed by atoms with Gasteiger partial charge in [0.15, 0.2) is 0 Å². The number of carboxylic acids is 1. The Balaban J connectivity index is 2.91. The van der Waals surface area contributed by atoms with Gasteiger partial charge in [0.1, 0.15) is 5.75 Å². The molecule has 0 saturated carbocycles. The Bertz CT molecular complexity index is 433. The van der Waals surface area contributed by atoms with Crippen molar-refractivity contribution in [1.82, 2.24) is 0 Å². The van der Waals surface area contributed by atoms with E-state index in [1.807, 2.05) is 39.0 Å². The molecular weight excluding hydrogens is 216 g/mol. The maximum atomic E-state index is 10.5. The highest BCUT2D eigenvalue weighted by Crippen LogP contribution is 2.23. The van der Waals surface area contributed by atoms with Crippen LogP contribution in [0.15, 0.2) is 24.3 Å². The number of rotatable bonds is 5. The monoisotopic (exact) mass is 234 g/mol. The van der Waals surface area contributed by atoms with Crippen LogP contribution in [0.25, 0.3) is 5.57 Å². The first kappa shape index (κ1) is 13.3. The zero-order chi connectivity index (χ0) is 12.8. The van der Waals surface area contributed by atoms with Gasteiger partial charge in [-0.1, -0.05) is 12.1 Å². The van der Waals surface area contributed by atoms with Crippen LogP contribution in [0.5, 0.6) is 5.75 Å². The molecule has 3 nitrogen and oxygen atoms in total. The van der Waals surface area contributed by atoms with Crippen molar-refractivity contribution < 1.29 is 14.6 Å². The standard InChI is InChI=1S/C14H18O3/c1-4-17-12-6-7-13(11(3)9-12)10(2)5-8-14(15)16/h5-7,9H,4,8H2,1-3H3,(H,15,16)/b10-5+. The number of allylic oxidation sites excluding steroid dienone is 1. The number of hydrogen-bond acceptors (Lipinski definition) is 2. The number of benzene rings is 1. The fourth-order valence-corrected chi connectivity index (χ4v) is 1.69. The molecule has 0 aliphatic carbocycles. The lowest BCUT2D eigenvalue weighted by Crippen LogP contribution is -1.95. The van der Waals surface area contributed by atoms with Crippen molar-refractivity contribution >= 4 is 11.5 Å². The summed E-state index contributed by atoms with van der Waals surface area (Å²) >= 11 is 0. The topological polar surface area (TPSA) is 46.5 Å². The molecule has 0 unspecified atom stereocenters. The molecule has 0 aliphatic heterocycles. The lowest BCUT2D eigenvalue weighted by molar-refractivity contribution is -0.135. The average Bonchev–Trinajstić information content (AvgIpc) is 2.26. The normalized spacial score (nSPS) is 11.4. The molecule has 0 aliphatic rings. The van der Waals surface area contributed by atoms with Crippen molar-refractivity contribution in [3.63, 3.8) is 0 Å². The first-order chi connectivity index (χ1) is 8.04. The van der Waals surface area contributed by atoms with E-state index in [-0.39, 0.29) is 6.42 Å². The third kappa shape index (κ3) is 3.94. The molecule has 0 bridgehead atoms. The quantitative estimate of drug-likeness (QED) is 0.850. The number of hydrogen-bond donors (Lipinski definition) is 1. The summed E-state index contributed by atoms with van der Waals surface area (Å²) in [4.78, 5) is 10.5. The van der Waals surface area contributed by atoms with E-state index in [0.29, 0.717) is 6.61 Å². The summed E-state index contributed by atoms with van der Waals surface area (Å²) in [5.41, 5.74) is 3.14. The molecule has 1 aromatic carbocycles. The van der Waals surface area contributed by atoms with Crippen molar-refractivity contribution in [3.05, 3.63) is 35.4 Å². The number of aliphatic carboxylic acids is 1. The summed E-state index contributed by atoms with van der Waals surface area (Å²) in [5.74, 6) is 0.0349. The predicted octanol–water partition coefficient (Wildman–Crippen LogP) is 3.27. The molecule has 1 aromatic rings. The Morgan fingerprint density at radius 2 is 2.18 bits per heavy atom. The summed E-state index contributed by atoms with van der Waals surface area (Å²) < 4.78 is 5.41. The van der Waals surface area contributed by atoms with E-state index in [2.05, 4.69) is 0 Å². The molecule has 0 heterocycles. The van der Waals surface area contributed by atoms with E-state index < -0.39 is 5.97 Å². The van der Waals surface area contributed by atoms with Gasteiger partial charge in [0.25, 0.3) is 0 Å². The van der Waals surface area contributed by atoms with Crippen LogP contribution < -0.4 is 4.74 Å². The molecule has 0 fully saturated rings. The minimum atomic E-state index is -0.812. The molecule has 1 N–H and O–H groups in total. The first-order valence-corrected chi connectivity index (χ1v) is 5.67. The highest BCUT2D eigenvalue weighted by molar-refractivity contribution is 5.74. The minimum absolute atomic E-state index is 0.0541. The van der Waals surface area contributed by atoms with Gasteiger partial charge in [0.2, 0.25) is 0 Å². The van der Waals surface area contributed by atoms with E-state index >= 15 is 0 Å². The number of aryl methyl sites for hydroxylation is 1. The van der Waals surface area contributed by atoms with Crippen molar-refractivity contribution in [1.29, 1.82) is 0 Å². The van der Waals surface area contributed by atoms with Crippen LogP contribution in [-0.2, 0) is 4.79 Å². The Hall–Kier alpha value is -1.77. The second-order valence-corrected chi connectivity index (χ2v) is 3.89. The minimum Gasteiger partial charge on any atom is -0.494 e. The summed E-state index contributed by atoms with van der Waals surface area (Å²) in [6.07, 6.45) is 1.78. The maximum absolute atomic E-state index is 10.5. The van der Waals surface area contributed by atoms with Gasteiger partial charge in [-0.15, -0.1) is 0 Å². The van der Waals surface area contributed by atoms with Gasteiger partial charge in [0, 0.05) is 0 Å². The Morgan fingerprint density at radius 3 is 2.71 bits per heavy atom. The SMILES string of the molecule is CCOc1ccc(/C(C)=C/CC(=O)O)c(C)c1. The van der Waals surface area contributed by atoms with Crippen LogP contribution >= 0.6 is 0 Å². The highest BCUT2D eigenvalue weighted by atomic mass is 16.5. The smallest absolute Gasteiger partial charge is 0.307 e. The molecule has 0 amide bonds. The highest BCUT2D eigenvalue weighted by Gasteiger charge is 2.03. The van der Waals surface area contributed by atoms with Gasteiger partial charge in [-0.05, 0) is 49.6 Å². The molecule has 1 rings (SSSR count). The van der Waals surface area contributed by atoms with Crippen LogP contribution in [0.4, 0.5) is 0 Å². The van der Waals surface area contributed by atoms with Crippen LogP contribution in [0, 0.1) is 6.92 Å². The maximum Gasteiger partial charge on any atom is 0.307 e. The fraction of sp³-hybridized carbons (Fsp3) is 0.357. The van der Waals surface area contributed by atoms with Gasteiger partial charge in [-0.3, -0.25) is 4.79 Å². The Kier molecular flexibility index (Phi) is 4.76. The van der Waals surface area contributed by atoms with E-state index in [1.165, 1.54) is 0 Å². The molecule has 0 saturated heterocycles. The Labute approximate surface area is 102 Å². The summed E-state index contributed by atoms with van der Waals surface area (Å²) in [5, 5.41) is 8.63. The van der Waals surface area contributed by atoms with Gasteiger partial charge >= 0.3 is 5.97 Å². The van der Waals surface area contributed by atoms with Crippen LogP contribution in [-0.4, -0.2) is 17.7 Å². The molecule has 0 atom stereocenters. The van der Waals surface area contributed by atoms with Gasteiger partial charge < -0.3 is 9.84 Å². The molecule has 0 radical (unpaired) electrons. The van der Waals surface area contributed by atoms with Crippen molar-refractivity contribution in [2.24, 2.45) is 0 Å². The first-order valence-electron chi connectivity index (χ1n) is 5.67. The molecule has 0 spiro atoms. The van der Waals surface area contributed by atoms with Crippen molar-refractivity contribution in [2.45, 2.75) is 27.2 Å². The molecule has 0 aromatic heterocycles. The van der Waals surface area contributed by atoms with Crippen LogP contribution in [0.3, 0.4) is 0 Å². The zero-order valence-corrected chi connectivity index (χ0v) is 10.5. The summed E-state index contributed by atoms with van der Waals surface area (Å²) in [7, 11) is 0. The van der Waals surface area contributed by atoms with Gasteiger partial charge in [0.05, 0.1) is 13.0 Å². The predicted molar refractivity (Wildman–Crippen MR) is 68.3 cm³/mol. The Morgan fingerprint density at radius 1 is 1.47 bits per heavy atom. The number of carboxylic acid groups (broad SMARTS) is 1. The number of carbonyl (C=O) groups is 1. The largest absolute Gasteiger partial charge is 0.494 e. The molecule has 92 valence electrons. The van der Waals surface area contributed by atoms with E-state index in [0.717, 1.165) is 22.4 Å². The average molecular weight is 234 g/mol. The summed E-state index contributed by atoms with van der Waals surface area (Å²) in [6.45, 7) is 6.51. The third-order valence-electron chi connectivity index (χ3n) is 2.52. The molecule has 17 heavy (non-hydrogen) atoms. The lowest BCUT2D eigenvalue weighted by atomic mass is 10.0. The van der Waals surface area contributed by atoms with E-state index in [9.17, 15) is 4.79 Å². The van der Waals surface area contributed by atoms with E-state index in [1.54, 1.807) is 6.08 Å². The lowest BCUT2D eigenvalue weighted by Gasteiger charge is -2.09. The van der Waals surface area contributed by atoms with Crippen molar-refractivity contribution in [2.75, 3.05) is 6.61 Å². The van der Waals surface area contributed by atoms with Gasteiger partial charge in [-0.25, -0.2) is 0 Å². The molecule has 3 heteroatoms. The summed E-state index contributed by atoms with van der Waals surface area (Å²) in [6, 6.07) is 5.84. The van der Waals surface area contributed by atoms with E-state index in [4.69, 9.17) is 9.84 Å². The van der Waals surface area contributed by atoms with Gasteiger partial charge in [-0.2, -0.15) is 0 Å². The van der Waals surface area contributed by atoms with Crippen LogP contribution in [0.1, 0.15) is 31.4 Å². The fourth-order valence-electron chi connectivity index (χ4n) is 1.69. The third-order valence-corrected chi connectivity index (χ3v) is 2.52. The number of ether oxygens (including phenoxy) is 1. The second-order valence-electron chi connectivity index (χ2n) is 3.89. The van der Waals surface area contributed by atoms with Crippen molar-refractivity contribution in [3.8, 4) is 5.75 Å². The second kappa shape index (κ2) is 6.09. The van der Waals surface area contributed by atoms with Crippen LogP contribution in [0.2, 0.25) is 0 Å². The zero-order valence-electron chi connectivity index (χ0n) is 10.5.